The molecule has 0 spiro atoms. The Hall–Kier alpha value is -2.12. The van der Waals surface area contributed by atoms with Crippen LogP contribution in [0, 0.1) is 16.7 Å². The maximum atomic E-state index is 8.93. The van der Waals surface area contributed by atoms with Crippen LogP contribution in [0.5, 0.6) is 0 Å². The van der Waals surface area contributed by atoms with Crippen molar-refractivity contribution >= 4 is 0 Å². The predicted molar refractivity (Wildman–Crippen MR) is 74.7 cm³/mol. The smallest absolute Gasteiger partial charge is 0.0697 e. The van der Waals surface area contributed by atoms with Crippen molar-refractivity contribution in [1.82, 2.24) is 15.1 Å². The fourth-order valence-electron chi connectivity index (χ4n) is 1.75. The first-order valence-electron chi connectivity index (χ1n) is 6.32. The summed E-state index contributed by atoms with van der Waals surface area (Å²) >= 11 is 0. The lowest BCUT2D eigenvalue weighted by molar-refractivity contribution is 0.445. The second-order valence-corrected chi connectivity index (χ2v) is 5.22. The summed E-state index contributed by atoms with van der Waals surface area (Å²) in [6, 6.07) is 12.4. The number of hydrogen-bond acceptors (Lipinski definition) is 3. The SMILES string of the molecule is CC(C)(C#N)CNCc1ccc(-n2cccn2)cc1. The molecule has 0 unspecified atom stereocenters. The first-order chi connectivity index (χ1) is 9.11. The monoisotopic (exact) mass is 254 g/mol. The third kappa shape index (κ3) is 3.67. The molecule has 1 aromatic heterocycles. The van der Waals surface area contributed by atoms with E-state index in [9.17, 15) is 0 Å². The van der Waals surface area contributed by atoms with Crippen molar-refractivity contribution in [3.63, 3.8) is 0 Å². The first-order valence-corrected chi connectivity index (χ1v) is 6.32. The lowest BCUT2D eigenvalue weighted by atomic mass is 9.96. The molecule has 1 N–H and O–H groups in total. The van der Waals surface area contributed by atoms with Crippen molar-refractivity contribution in [2.24, 2.45) is 5.41 Å². The molecular formula is C15H18N4. The average molecular weight is 254 g/mol. The number of rotatable bonds is 5. The van der Waals surface area contributed by atoms with Crippen LogP contribution in [0.2, 0.25) is 0 Å². The normalized spacial score (nSPS) is 11.2. The minimum atomic E-state index is -0.324. The Bertz CT molecular complexity index is 547. The van der Waals surface area contributed by atoms with Crippen molar-refractivity contribution in [1.29, 1.82) is 5.26 Å². The predicted octanol–water partition coefficient (Wildman–Crippen LogP) is 2.51. The zero-order valence-corrected chi connectivity index (χ0v) is 11.3. The molecule has 0 aliphatic rings. The fraction of sp³-hybridized carbons (Fsp3) is 0.333. The number of nitriles is 1. The van der Waals surface area contributed by atoms with Gasteiger partial charge in [-0.3, -0.25) is 0 Å². The van der Waals surface area contributed by atoms with E-state index >= 15 is 0 Å². The zero-order chi connectivity index (χ0) is 13.7. The van der Waals surface area contributed by atoms with Crippen LogP contribution in [0.3, 0.4) is 0 Å². The van der Waals surface area contributed by atoms with Gasteiger partial charge in [-0.2, -0.15) is 10.4 Å². The summed E-state index contributed by atoms with van der Waals surface area (Å²) in [4.78, 5) is 0. The molecule has 4 nitrogen and oxygen atoms in total. The van der Waals surface area contributed by atoms with Gasteiger partial charge in [0.05, 0.1) is 17.2 Å². The highest BCUT2D eigenvalue weighted by Gasteiger charge is 2.15. The van der Waals surface area contributed by atoms with Crippen LogP contribution in [0.4, 0.5) is 0 Å². The number of benzene rings is 1. The molecule has 0 aliphatic heterocycles. The summed E-state index contributed by atoms with van der Waals surface area (Å²) in [5.74, 6) is 0. The molecule has 0 amide bonds. The Kier molecular flexibility index (Phi) is 3.98. The second kappa shape index (κ2) is 5.68. The van der Waals surface area contributed by atoms with Gasteiger partial charge in [-0.15, -0.1) is 0 Å². The summed E-state index contributed by atoms with van der Waals surface area (Å²) in [6.45, 7) is 5.32. The number of aromatic nitrogens is 2. The highest BCUT2D eigenvalue weighted by Crippen LogP contribution is 2.12. The van der Waals surface area contributed by atoms with E-state index in [4.69, 9.17) is 5.26 Å². The van der Waals surface area contributed by atoms with E-state index in [-0.39, 0.29) is 5.41 Å². The Labute approximate surface area is 113 Å². The van der Waals surface area contributed by atoms with Gasteiger partial charge < -0.3 is 5.32 Å². The lowest BCUT2D eigenvalue weighted by Gasteiger charge is -2.15. The van der Waals surface area contributed by atoms with Gasteiger partial charge in [-0.05, 0) is 37.6 Å². The second-order valence-electron chi connectivity index (χ2n) is 5.22. The molecule has 2 rings (SSSR count). The molecule has 0 atom stereocenters. The van der Waals surface area contributed by atoms with Crippen molar-refractivity contribution < 1.29 is 0 Å². The number of nitrogens with one attached hydrogen (secondary N) is 1. The number of nitrogens with zero attached hydrogens (tertiary/aromatic N) is 3. The Morgan fingerprint density at radius 2 is 2.05 bits per heavy atom. The van der Waals surface area contributed by atoms with Crippen LogP contribution < -0.4 is 5.32 Å². The van der Waals surface area contributed by atoms with E-state index in [1.165, 1.54) is 5.56 Å². The molecule has 2 aromatic rings. The molecule has 0 radical (unpaired) electrons. The minimum absolute atomic E-state index is 0.324. The average Bonchev–Trinajstić information content (AvgIpc) is 2.93. The molecule has 1 aromatic carbocycles. The van der Waals surface area contributed by atoms with Gasteiger partial charge in [0, 0.05) is 25.5 Å². The number of hydrogen-bond donors (Lipinski definition) is 1. The maximum Gasteiger partial charge on any atom is 0.0697 e. The summed E-state index contributed by atoms with van der Waals surface area (Å²) in [7, 11) is 0. The van der Waals surface area contributed by atoms with Crippen molar-refractivity contribution in [3.8, 4) is 11.8 Å². The van der Waals surface area contributed by atoms with Crippen LogP contribution in [-0.2, 0) is 6.54 Å². The Morgan fingerprint density at radius 1 is 1.32 bits per heavy atom. The molecular weight excluding hydrogens is 236 g/mol. The summed E-state index contributed by atoms with van der Waals surface area (Å²) < 4.78 is 1.83. The van der Waals surface area contributed by atoms with E-state index in [2.05, 4.69) is 28.6 Å². The Balaban J connectivity index is 1.91. The summed E-state index contributed by atoms with van der Waals surface area (Å²) in [5, 5.41) is 16.4. The van der Waals surface area contributed by atoms with Gasteiger partial charge >= 0.3 is 0 Å². The third-order valence-corrected chi connectivity index (χ3v) is 2.90. The van der Waals surface area contributed by atoms with E-state index in [0.29, 0.717) is 6.54 Å². The molecule has 1 heterocycles. The van der Waals surface area contributed by atoms with Gasteiger partial charge in [0.15, 0.2) is 0 Å². The maximum absolute atomic E-state index is 8.93. The molecule has 0 saturated carbocycles. The standard InChI is InChI=1S/C15H18N4/c1-15(2,11-16)12-17-10-13-4-6-14(7-5-13)19-9-3-8-18-19/h3-9,17H,10,12H2,1-2H3. The fourth-order valence-corrected chi connectivity index (χ4v) is 1.75. The van der Waals surface area contributed by atoms with Crippen LogP contribution in [0.25, 0.3) is 5.69 Å². The molecule has 4 heteroatoms. The van der Waals surface area contributed by atoms with Crippen LogP contribution in [0.1, 0.15) is 19.4 Å². The quantitative estimate of drug-likeness (QED) is 0.892. The minimum Gasteiger partial charge on any atom is -0.311 e. The molecule has 0 aliphatic carbocycles. The van der Waals surface area contributed by atoms with Gasteiger partial charge in [0.25, 0.3) is 0 Å². The van der Waals surface area contributed by atoms with E-state index < -0.39 is 0 Å². The molecule has 98 valence electrons. The summed E-state index contributed by atoms with van der Waals surface area (Å²) in [6.07, 6.45) is 3.68. The van der Waals surface area contributed by atoms with Crippen LogP contribution >= 0.6 is 0 Å². The van der Waals surface area contributed by atoms with E-state index in [1.54, 1.807) is 6.20 Å². The first kappa shape index (κ1) is 13.3. The van der Waals surface area contributed by atoms with E-state index in [0.717, 1.165) is 12.2 Å². The van der Waals surface area contributed by atoms with E-state index in [1.807, 2.05) is 42.9 Å². The van der Waals surface area contributed by atoms with Gasteiger partial charge in [0.2, 0.25) is 0 Å². The molecule has 19 heavy (non-hydrogen) atoms. The highest BCUT2D eigenvalue weighted by molar-refractivity contribution is 5.33. The van der Waals surface area contributed by atoms with Gasteiger partial charge in [-0.1, -0.05) is 12.1 Å². The lowest BCUT2D eigenvalue weighted by Crippen LogP contribution is -2.27. The van der Waals surface area contributed by atoms with Crippen LogP contribution in [-0.4, -0.2) is 16.3 Å². The zero-order valence-electron chi connectivity index (χ0n) is 11.3. The third-order valence-electron chi connectivity index (χ3n) is 2.90. The van der Waals surface area contributed by atoms with Gasteiger partial charge in [-0.25, -0.2) is 4.68 Å². The largest absolute Gasteiger partial charge is 0.311 e. The van der Waals surface area contributed by atoms with Crippen molar-refractivity contribution in [2.45, 2.75) is 20.4 Å². The topological polar surface area (TPSA) is 53.6 Å². The van der Waals surface area contributed by atoms with Crippen molar-refractivity contribution in [3.05, 3.63) is 48.3 Å². The summed E-state index contributed by atoms with van der Waals surface area (Å²) in [5.41, 5.74) is 1.92. The van der Waals surface area contributed by atoms with Crippen molar-refractivity contribution in [2.75, 3.05) is 6.54 Å². The van der Waals surface area contributed by atoms with Gasteiger partial charge in [0.1, 0.15) is 0 Å². The van der Waals surface area contributed by atoms with Crippen LogP contribution in [0.15, 0.2) is 42.7 Å². The molecule has 0 bridgehead atoms. The highest BCUT2D eigenvalue weighted by atomic mass is 15.3. The molecule has 0 saturated heterocycles. The molecule has 0 fully saturated rings. The Morgan fingerprint density at radius 3 is 2.63 bits per heavy atom.